The molecule has 1 fully saturated rings. The van der Waals surface area contributed by atoms with Crippen LogP contribution in [-0.2, 0) is 4.79 Å². The lowest BCUT2D eigenvalue weighted by atomic mass is 9.81. The minimum atomic E-state index is -4.14. The van der Waals surface area contributed by atoms with Crippen LogP contribution >= 0.6 is 0 Å². The zero-order chi connectivity index (χ0) is 14.6. The van der Waals surface area contributed by atoms with Gasteiger partial charge in [-0.2, -0.15) is 18.4 Å². The van der Waals surface area contributed by atoms with Crippen LogP contribution in [0.4, 0.5) is 13.2 Å². The van der Waals surface area contributed by atoms with Crippen molar-refractivity contribution in [2.45, 2.75) is 38.8 Å². The van der Waals surface area contributed by atoms with Crippen LogP contribution in [0, 0.1) is 29.1 Å². The Morgan fingerprint density at radius 1 is 1.37 bits per heavy atom. The fourth-order valence-electron chi connectivity index (χ4n) is 2.52. The number of carbonyl (C=O) groups is 1. The van der Waals surface area contributed by atoms with E-state index in [4.69, 9.17) is 5.26 Å². The first-order chi connectivity index (χ1) is 8.75. The molecule has 1 saturated carbocycles. The van der Waals surface area contributed by atoms with E-state index < -0.39 is 12.1 Å². The second kappa shape index (κ2) is 6.27. The van der Waals surface area contributed by atoms with Gasteiger partial charge in [-0.25, -0.2) is 0 Å². The van der Waals surface area contributed by atoms with Gasteiger partial charge < -0.3 is 4.90 Å². The molecule has 1 aliphatic carbocycles. The van der Waals surface area contributed by atoms with E-state index in [1.165, 1.54) is 4.90 Å². The molecule has 1 aliphatic rings. The smallest absolute Gasteiger partial charge is 0.344 e. The van der Waals surface area contributed by atoms with Crippen molar-refractivity contribution < 1.29 is 18.0 Å². The number of nitriles is 1. The summed E-state index contributed by atoms with van der Waals surface area (Å²) in [6, 6.07) is 2.04. The molecular weight excluding hydrogens is 257 g/mol. The zero-order valence-electron chi connectivity index (χ0n) is 11.2. The van der Waals surface area contributed by atoms with Crippen LogP contribution in [0.3, 0.4) is 0 Å². The van der Waals surface area contributed by atoms with Crippen LogP contribution in [0.25, 0.3) is 0 Å². The first kappa shape index (κ1) is 15.8. The van der Waals surface area contributed by atoms with Crippen LogP contribution in [0.5, 0.6) is 0 Å². The van der Waals surface area contributed by atoms with Gasteiger partial charge in [0, 0.05) is 19.5 Å². The Hall–Kier alpha value is -1.25. The van der Waals surface area contributed by atoms with Crippen LogP contribution in [0.1, 0.15) is 32.6 Å². The number of hydrogen-bond acceptors (Lipinski definition) is 2. The van der Waals surface area contributed by atoms with Crippen LogP contribution in [-0.4, -0.2) is 30.6 Å². The molecule has 0 N–H and O–H groups in total. The normalized spacial score (nSPS) is 25.5. The number of rotatable bonds is 3. The Bertz CT molecular complexity index is 354. The summed E-state index contributed by atoms with van der Waals surface area (Å²) in [6.45, 7) is 2.04. The van der Waals surface area contributed by atoms with Gasteiger partial charge in [0.25, 0.3) is 0 Å². The summed E-state index contributed by atoms with van der Waals surface area (Å²) in [6.07, 6.45) is -3.51. The van der Waals surface area contributed by atoms with Crippen molar-refractivity contribution in [3.05, 3.63) is 0 Å². The third-order valence-corrected chi connectivity index (χ3v) is 3.68. The Kier molecular flexibility index (Phi) is 5.21. The summed E-state index contributed by atoms with van der Waals surface area (Å²) in [5.74, 6) is -1.99. The summed E-state index contributed by atoms with van der Waals surface area (Å²) < 4.78 is 37.5. The van der Waals surface area contributed by atoms with Gasteiger partial charge in [-0.15, -0.1) is 0 Å². The predicted octanol–water partition coefficient (Wildman–Crippen LogP) is 2.97. The highest BCUT2D eigenvalue weighted by Crippen LogP contribution is 2.39. The molecule has 0 aromatic heterocycles. The zero-order valence-corrected chi connectivity index (χ0v) is 11.2. The molecule has 0 bridgehead atoms. The third kappa shape index (κ3) is 4.41. The Morgan fingerprint density at radius 3 is 2.32 bits per heavy atom. The number of hydrogen-bond donors (Lipinski definition) is 0. The Labute approximate surface area is 111 Å². The lowest BCUT2D eigenvalue weighted by Gasteiger charge is -2.31. The first-order valence-electron chi connectivity index (χ1n) is 6.47. The molecule has 0 aromatic rings. The van der Waals surface area contributed by atoms with Crippen molar-refractivity contribution in [2.24, 2.45) is 17.8 Å². The van der Waals surface area contributed by atoms with Gasteiger partial charge in [0.2, 0.25) is 5.91 Å². The van der Waals surface area contributed by atoms with Gasteiger partial charge in [-0.3, -0.25) is 4.79 Å². The molecule has 108 valence electrons. The molecule has 19 heavy (non-hydrogen) atoms. The quantitative estimate of drug-likeness (QED) is 0.795. The number of nitrogens with zero attached hydrogens (tertiary/aromatic N) is 2. The van der Waals surface area contributed by atoms with Crippen LogP contribution in [0.15, 0.2) is 0 Å². The van der Waals surface area contributed by atoms with Gasteiger partial charge in [0.1, 0.15) is 0 Å². The second-order valence-corrected chi connectivity index (χ2v) is 5.34. The lowest BCUT2D eigenvalue weighted by Crippen LogP contribution is -2.38. The average Bonchev–Trinajstić information content (AvgIpc) is 2.36. The van der Waals surface area contributed by atoms with Crippen molar-refractivity contribution >= 4 is 5.91 Å². The predicted molar refractivity (Wildman–Crippen MR) is 63.9 cm³/mol. The minimum absolute atomic E-state index is 0.0293. The van der Waals surface area contributed by atoms with E-state index in [9.17, 15) is 18.0 Å². The maximum atomic E-state index is 12.5. The molecule has 6 heteroatoms. The van der Waals surface area contributed by atoms with Crippen molar-refractivity contribution in [3.8, 4) is 6.07 Å². The average molecular weight is 276 g/mol. The van der Waals surface area contributed by atoms with Gasteiger partial charge in [0.05, 0.1) is 17.9 Å². The SMILES string of the molecule is CC(C#N)CN(C)C(=O)C1CCC(C(F)(F)F)CC1. The fourth-order valence-corrected chi connectivity index (χ4v) is 2.52. The van der Waals surface area contributed by atoms with E-state index in [-0.39, 0.29) is 43.4 Å². The summed E-state index contributed by atoms with van der Waals surface area (Å²) >= 11 is 0. The van der Waals surface area contributed by atoms with Gasteiger partial charge in [-0.05, 0) is 32.6 Å². The highest BCUT2D eigenvalue weighted by Gasteiger charge is 2.42. The molecule has 1 rings (SSSR count). The van der Waals surface area contributed by atoms with Crippen LogP contribution in [0.2, 0.25) is 0 Å². The molecule has 0 spiro atoms. The summed E-state index contributed by atoms with van der Waals surface area (Å²) in [7, 11) is 1.60. The lowest BCUT2D eigenvalue weighted by molar-refractivity contribution is -0.185. The van der Waals surface area contributed by atoms with E-state index in [1.807, 2.05) is 6.07 Å². The maximum Gasteiger partial charge on any atom is 0.391 e. The highest BCUT2D eigenvalue weighted by atomic mass is 19.4. The molecule has 1 amide bonds. The van der Waals surface area contributed by atoms with E-state index in [0.717, 1.165) is 0 Å². The van der Waals surface area contributed by atoms with Gasteiger partial charge in [-0.1, -0.05) is 0 Å². The van der Waals surface area contributed by atoms with E-state index in [1.54, 1.807) is 14.0 Å². The number of amides is 1. The van der Waals surface area contributed by atoms with Crippen molar-refractivity contribution in [1.82, 2.24) is 4.90 Å². The molecule has 0 aliphatic heterocycles. The summed E-state index contributed by atoms with van der Waals surface area (Å²) in [4.78, 5) is 13.5. The Balaban J connectivity index is 2.47. The monoisotopic (exact) mass is 276 g/mol. The van der Waals surface area contributed by atoms with Gasteiger partial charge in [0.15, 0.2) is 0 Å². The van der Waals surface area contributed by atoms with Crippen LogP contribution < -0.4 is 0 Å². The fraction of sp³-hybridized carbons (Fsp3) is 0.846. The van der Waals surface area contributed by atoms with E-state index in [0.29, 0.717) is 6.54 Å². The number of carbonyl (C=O) groups excluding carboxylic acids is 1. The van der Waals surface area contributed by atoms with Gasteiger partial charge >= 0.3 is 6.18 Å². The molecule has 0 heterocycles. The van der Waals surface area contributed by atoms with Crippen molar-refractivity contribution in [1.29, 1.82) is 5.26 Å². The molecule has 1 atom stereocenters. The molecule has 3 nitrogen and oxygen atoms in total. The van der Waals surface area contributed by atoms with Crippen molar-refractivity contribution in [3.63, 3.8) is 0 Å². The largest absolute Gasteiger partial charge is 0.391 e. The van der Waals surface area contributed by atoms with Crippen molar-refractivity contribution in [2.75, 3.05) is 13.6 Å². The minimum Gasteiger partial charge on any atom is -0.344 e. The number of halogens is 3. The first-order valence-corrected chi connectivity index (χ1v) is 6.47. The molecular formula is C13H19F3N2O. The van der Waals surface area contributed by atoms with E-state index >= 15 is 0 Å². The number of alkyl halides is 3. The molecule has 0 saturated heterocycles. The molecule has 1 unspecified atom stereocenters. The second-order valence-electron chi connectivity index (χ2n) is 5.34. The summed E-state index contributed by atoms with van der Waals surface area (Å²) in [5, 5.41) is 8.69. The third-order valence-electron chi connectivity index (χ3n) is 3.68. The maximum absolute atomic E-state index is 12.5. The topological polar surface area (TPSA) is 44.1 Å². The standard InChI is InChI=1S/C13H19F3N2O/c1-9(7-17)8-18(2)12(19)10-3-5-11(6-4-10)13(14,15)16/h9-11H,3-6,8H2,1-2H3. The molecule has 0 radical (unpaired) electrons. The molecule has 0 aromatic carbocycles. The summed E-state index contributed by atoms with van der Waals surface area (Å²) in [5.41, 5.74) is 0. The highest BCUT2D eigenvalue weighted by molar-refractivity contribution is 5.78. The van der Waals surface area contributed by atoms with E-state index in [2.05, 4.69) is 0 Å². The Morgan fingerprint density at radius 2 is 1.89 bits per heavy atom.